The van der Waals surface area contributed by atoms with E-state index in [0.717, 1.165) is 237 Å². The van der Waals surface area contributed by atoms with E-state index in [0.29, 0.717) is 46.3 Å². The normalized spacial score (nSPS) is 16.0. The molecule has 34 heteroatoms. The van der Waals surface area contributed by atoms with Crippen LogP contribution in [0.15, 0.2) is 133 Å². The largest absolute Gasteiger partial charge is 0.481 e. The second-order valence-electron chi connectivity index (χ2n) is 37.1. The lowest BCUT2D eigenvalue weighted by atomic mass is 9.93. The zero-order chi connectivity index (χ0) is 94.8. The number of amides is 8. The Morgan fingerprint density at radius 3 is 0.955 bits per heavy atom. The van der Waals surface area contributed by atoms with E-state index in [1.165, 1.54) is 53.6 Å². The maximum atomic E-state index is 13.0. The van der Waals surface area contributed by atoms with Gasteiger partial charge in [0.15, 0.2) is 0 Å². The molecule has 2 aliphatic heterocycles. The minimum atomic E-state index is -4.00. The number of carbonyl (C=O) groups is 4. The number of rotatable bonds is 20. The Bertz CT molecular complexity index is 6260. The molecule has 8 N–H and O–H groups in total. The smallest absolute Gasteiger partial charge is 0.333 e. The predicted octanol–water partition coefficient (Wildman–Crippen LogP) is 16.9. The summed E-state index contributed by atoms with van der Waals surface area (Å²) >= 11 is 0. The first-order chi connectivity index (χ1) is 62.6. The number of urea groups is 4. The number of carbonyl (C=O) groups excluding carboxylic acids is 4. The highest BCUT2D eigenvalue weighted by atomic mass is 32.2. The van der Waals surface area contributed by atoms with Gasteiger partial charge in [-0.2, -0.15) is 0 Å². The number of hydrogen-bond donors (Lipinski definition) is 8. The summed E-state index contributed by atoms with van der Waals surface area (Å²) in [5.41, 5.74) is 22.5. The van der Waals surface area contributed by atoms with Gasteiger partial charge in [-0.3, -0.25) is 0 Å². The maximum Gasteiger partial charge on any atom is 0.333 e. The molecule has 6 heterocycles. The van der Waals surface area contributed by atoms with Crippen molar-refractivity contribution in [2.75, 3.05) is 74.9 Å². The molecule has 3 fully saturated rings. The number of likely N-dealkylation sites (tertiary alicyclic amines) is 2. The highest BCUT2D eigenvalue weighted by Gasteiger charge is 2.36. The third-order valence-corrected chi connectivity index (χ3v) is 31.1. The van der Waals surface area contributed by atoms with Gasteiger partial charge in [-0.05, 0) is 337 Å². The first kappa shape index (κ1) is 98.2. The van der Waals surface area contributed by atoms with Crippen molar-refractivity contribution >= 4 is 87.0 Å². The molecule has 706 valence electrons. The van der Waals surface area contributed by atoms with Crippen molar-refractivity contribution < 1.29 is 71.8 Å². The average Bonchev–Trinajstić information content (AvgIpc) is 1.53. The van der Waals surface area contributed by atoms with Gasteiger partial charge in [0, 0.05) is 97.5 Å². The van der Waals surface area contributed by atoms with Crippen molar-refractivity contribution in [3.63, 3.8) is 0 Å². The Labute approximate surface area is 776 Å². The molecule has 8 amide bonds. The highest BCUT2D eigenvalue weighted by Crippen LogP contribution is 2.46. The summed E-state index contributed by atoms with van der Waals surface area (Å²) in [4.78, 5) is 73.0. The molecule has 2 saturated heterocycles. The van der Waals surface area contributed by atoms with Crippen LogP contribution in [0.4, 0.5) is 41.9 Å². The van der Waals surface area contributed by atoms with Gasteiger partial charge < -0.3 is 50.0 Å². The molecule has 0 atom stereocenters. The summed E-state index contributed by atoms with van der Waals surface area (Å²) in [5, 5.41) is 11.4. The monoisotopic (exact) mass is 1880 g/mol. The van der Waals surface area contributed by atoms with Crippen LogP contribution in [0.25, 0.3) is 44.5 Å². The molecule has 5 aliphatic carbocycles. The molecule has 9 aromatic rings. The molecule has 0 radical (unpaired) electrons. The molecular weight excluding hydrogens is 1760 g/mol. The summed E-state index contributed by atoms with van der Waals surface area (Å²) in [5.74, 6) is 2.15. The number of fused-ring (bicyclic) bond motifs is 4. The summed E-state index contributed by atoms with van der Waals surface area (Å²) in [6.45, 7) is 21.3. The topological polar surface area (TPSA) is 396 Å². The molecule has 0 unspecified atom stereocenters. The summed E-state index contributed by atoms with van der Waals surface area (Å²) in [6.07, 6.45) is 28.8. The number of sulfonamides is 4. The summed E-state index contributed by atoms with van der Waals surface area (Å²) < 4.78 is 129. The number of aryl methyl sites for hydroxylation is 8. The number of nitrogens with zero attached hydrogens (tertiary/aromatic N) is 6. The van der Waals surface area contributed by atoms with Gasteiger partial charge in [0.05, 0.1) is 50.5 Å². The van der Waals surface area contributed by atoms with Gasteiger partial charge in [0.2, 0.25) is 53.6 Å². The average molecular weight is 1880 g/mol. The number of hydrogen-bond acceptors (Lipinski definition) is 22. The van der Waals surface area contributed by atoms with Gasteiger partial charge in [-0.25, -0.2) is 91.7 Å². The van der Waals surface area contributed by atoms with Crippen LogP contribution in [-0.4, -0.2) is 169 Å². The fourth-order valence-corrected chi connectivity index (χ4v) is 20.7. The minimum absolute atomic E-state index is 0.0321. The Balaban J connectivity index is 0.000000150. The van der Waals surface area contributed by atoms with Crippen molar-refractivity contribution in [1.29, 1.82) is 0 Å². The fourth-order valence-electron chi connectivity index (χ4n) is 18.1. The van der Waals surface area contributed by atoms with E-state index in [4.69, 9.17) is 18.9 Å². The fraction of sp³-hybridized carbons (Fsp3) is 0.449. The van der Waals surface area contributed by atoms with Crippen LogP contribution in [0.2, 0.25) is 0 Å². The van der Waals surface area contributed by atoms with Crippen LogP contribution in [0.1, 0.15) is 192 Å². The molecule has 0 bridgehead atoms. The number of ether oxygens (including phenoxy) is 4. The van der Waals surface area contributed by atoms with E-state index < -0.39 is 73.7 Å². The van der Waals surface area contributed by atoms with E-state index in [1.807, 2.05) is 74.9 Å². The van der Waals surface area contributed by atoms with Crippen LogP contribution < -0.4 is 59.1 Å². The van der Waals surface area contributed by atoms with Gasteiger partial charge in [0.25, 0.3) is 10.0 Å². The minimum Gasteiger partial charge on any atom is -0.481 e. The van der Waals surface area contributed by atoms with E-state index in [-0.39, 0.29) is 23.2 Å². The zero-order valence-corrected chi connectivity index (χ0v) is 81.1. The molecular formula is C98H124N14O16S4. The number of nitrogens with one attached hydrogen (secondary N) is 8. The molecule has 4 aromatic heterocycles. The van der Waals surface area contributed by atoms with Gasteiger partial charge in [-0.15, -0.1) is 0 Å². The van der Waals surface area contributed by atoms with Crippen molar-refractivity contribution in [2.45, 2.75) is 237 Å². The van der Waals surface area contributed by atoms with Gasteiger partial charge in [0.1, 0.15) is 18.3 Å². The summed E-state index contributed by atoms with van der Waals surface area (Å²) in [6, 6.07) is 28.5. The first-order valence-corrected chi connectivity index (χ1v) is 51.6. The number of methoxy groups -OCH3 is 1. The van der Waals surface area contributed by atoms with Crippen molar-refractivity contribution in [3.8, 4) is 68.0 Å². The molecule has 30 nitrogen and oxygen atoms in total. The molecule has 1 saturated carbocycles. The standard InChI is InChI=1S/C28H32N4O4S.C26H36N4O4S.C23H29N3O4S.C21H27N3O4S/c1-19-17-20-7-6-10-24(20)27(30-28(33)31-37(34,35)23-8-4-3-5-9-23)26(19)21-11-14-29-25(18-21)36-22-12-15-32(2)16-13-22;1-17-15-18-7-6-8-21(18)24(28-25(31)29-35(32,33)26(2,3)4)23(17)19-9-12-27-22(16-19)34-20-10-13-30(5)14-11-20;1-15-13-16-7-6-10-19(16)22(25-23(27)26-31(2,28)29)21(15)17-11-12-24-20(14-17)30-18-8-4-3-5-9-18;1-13-11-14-7-6-8-16(14)19(18(13)15-9-10-22-17(12-15)28-5)23-20(25)24-29(26,27)21(2,3)4/h3-5,8-9,11,14,17-18,22H,6-7,10,12-13,15-16H2,1-2H3,(H2,30,31,33);9,12,15-16,20H,6-8,10-11,13-14H2,1-5H3,(H2,28,29,31);11-14,18H,3-10H2,1-2H3,(H2,25,26,27);9-12H,6-8H2,1-5H3,(H2,23,24,25). The lowest BCUT2D eigenvalue weighted by Gasteiger charge is -2.29. The van der Waals surface area contributed by atoms with Crippen molar-refractivity contribution in [2.24, 2.45) is 0 Å². The molecule has 0 spiro atoms. The quantitative estimate of drug-likeness (QED) is 0.0351. The molecule has 7 aliphatic rings. The Hall–Kier alpha value is -11.3. The van der Waals surface area contributed by atoms with Gasteiger partial charge in [-0.1, -0.05) is 48.9 Å². The van der Waals surface area contributed by atoms with E-state index in [2.05, 4.69) is 104 Å². The SMILES string of the molecule is COc1cc(-c2c(C)cc3c(c2NC(=O)NS(=O)(=O)C(C)(C)C)CCC3)ccn1.Cc1cc2c(c(NC(=O)NS(=O)(=O)C(C)(C)C)c1-c1ccnc(OC3CCN(C)CC3)c1)CCC2.Cc1cc2c(c(NC(=O)NS(=O)(=O)c3ccccc3)c1-c1ccnc(OC3CCN(C)CC3)c1)CCC2.Cc1cc2c(c(NC(=O)NS(C)(=O)=O)c1-c1ccnc(OC3CCCCC3)c1)CCC2. The lowest BCUT2D eigenvalue weighted by molar-refractivity contribution is 0.110. The third-order valence-electron chi connectivity index (χ3n) is 25.0. The highest BCUT2D eigenvalue weighted by molar-refractivity contribution is 7.91. The van der Waals surface area contributed by atoms with E-state index >= 15 is 0 Å². The van der Waals surface area contributed by atoms with Crippen LogP contribution >= 0.6 is 0 Å². The number of aromatic nitrogens is 4. The summed E-state index contributed by atoms with van der Waals surface area (Å²) in [7, 11) is -9.55. The maximum absolute atomic E-state index is 13.0. The zero-order valence-electron chi connectivity index (χ0n) is 77.9. The second kappa shape index (κ2) is 41.9. The van der Waals surface area contributed by atoms with Crippen LogP contribution in [0.3, 0.4) is 0 Å². The van der Waals surface area contributed by atoms with Gasteiger partial charge >= 0.3 is 24.1 Å². The molecule has 132 heavy (non-hydrogen) atoms. The van der Waals surface area contributed by atoms with Crippen LogP contribution in [0.5, 0.6) is 23.5 Å². The second-order valence-corrected chi connectivity index (χ2v) is 45.4. The molecule has 16 rings (SSSR count). The van der Waals surface area contributed by atoms with E-state index in [1.54, 1.807) is 97.7 Å². The first-order valence-electron chi connectivity index (χ1n) is 45.3. The number of anilines is 4. The van der Waals surface area contributed by atoms with E-state index in [9.17, 15) is 52.8 Å². The Morgan fingerprint density at radius 2 is 0.652 bits per heavy atom. The Morgan fingerprint density at radius 1 is 0.364 bits per heavy atom. The number of piperidine rings is 2. The van der Waals surface area contributed by atoms with Crippen molar-refractivity contribution in [1.82, 2.24) is 48.6 Å². The Kier molecular flexibility index (Phi) is 31.2. The predicted molar refractivity (Wildman–Crippen MR) is 517 cm³/mol. The number of benzene rings is 5. The van der Waals surface area contributed by atoms with Crippen LogP contribution in [0, 0.1) is 27.7 Å². The lowest BCUT2D eigenvalue weighted by Crippen LogP contribution is -2.44. The van der Waals surface area contributed by atoms with Crippen LogP contribution in [-0.2, 0) is 91.5 Å². The molecule has 5 aromatic carbocycles. The van der Waals surface area contributed by atoms with Crippen molar-refractivity contribution in [3.05, 3.63) is 195 Å². The number of pyridine rings is 4. The third kappa shape index (κ3) is 24.6.